The molecule has 1 N–H and O–H groups in total. The molecule has 1 heterocycles. The molecule has 2 unspecified atom stereocenters. The lowest BCUT2D eigenvalue weighted by Crippen LogP contribution is -2.33. The molecule has 0 aromatic carbocycles. The predicted molar refractivity (Wildman–Crippen MR) is 75.9 cm³/mol. The summed E-state index contributed by atoms with van der Waals surface area (Å²) >= 11 is 0. The third-order valence-electron chi connectivity index (χ3n) is 3.45. The molecule has 0 bridgehead atoms. The monoisotopic (exact) mass is 260 g/mol. The summed E-state index contributed by atoms with van der Waals surface area (Å²) in [4.78, 5) is 2.58. The summed E-state index contributed by atoms with van der Waals surface area (Å²) in [7, 11) is -0.619. The van der Waals surface area contributed by atoms with Crippen LogP contribution >= 0.6 is 0 Å². The highest BCUT2D eigenvalue weighted by Crippen LogP contribution is 2.11. The van der Waals surface area contributed by atoms with Crippen LogP contribution in [0.5, 0.6) is 0 Å². The highest BCUT2D eigenvalue weighted by Gasteiger charge is 2.15. The van der Waals surface area contributed by atoms with Gasteiger partial charge >= 0.3 is 0 Å². The summed E-state index contributed by atoms with van der Waals surface area (Å²) in [5.41, 5.74) is 0. The summed E-state index contributed by atoms with van der Waals surface area (Å²) in [5.74, 6) is 1.60. The Hall–Kier alpha value is 0.0700. The van der Waals surface area contributed by atoms with Crippen molar-refractivity contribution < 1.29 is 4.21 Å². The molecule has 0 amide bonds. The molecule has 0 aromatic rings. The van der Waals surface area contributed by atoms with Crippen LogP contribution in [0.1, 0.15) is 39.5 Å². The minimum atomic E-state index is -0.619. The Kier molecular flexibility index (Phi) is 8.06. The topological polar surface area (TPSA) is 32.3 Å². The van der Waals surface area contributed by atoms with Crippen LogP contribution in [0.25, 0.3) is 0 Å². The first-order valence-corrected chi connectivity index (χ1v) is 8.55. The second-order valence-electron chi connectivity index (χ2n) is 4.86. The predicted octanol–water partition coefficient (Wildman–Crippen LogP) is 1.61. The lowest BCUT2D eigenvalue weighted by molar-refractivity contribution is 0.283. The number of hydrogen-bond acceptors (Lipinski definition) is 3. The van der Waals surface area contributed by atoms with Crippen molar-refractivity contribution >= 4 is 10.8 Å². The van der Waals surface area contributed by atoms with Gasteiger partial charge in [0.15, 0.2) is 0 Å². The van der Waals surface area contributed by atoms with Crippen LogP contribution in [0.4, 0.5) is 0 Å². The Morgan fingerprint density at radius 2 is 2.12 bits per heavy atom. The van der Waals surface area contributed by atoms with Gasteiger partial charge in [-0.1, -0.05) is 13.8 Å². The van der Waals surface area contributed by atoms with Crippen molar-refractivity contribution in [3.05, 3.63) is 0 Å². The van der Waals surface area contributed by atoms with Crippen molar-refractivity contribution in [2.24, 2.45) is 0 Å². The number of rotatable bonds is 7. The van der Waals surface area contributed by atoms with E-state index in [1.54, 1.807) is 0 Å². The van der Waals surface area contributed by atoms with E-state index in [4.69, 9.17) is 0 Å². The highest BCUT2D eigenvalue weighted by atomic mass is 32.2. The molecule has 0 aliphatic carbocycles. The van der Waals surface area contributed by atoms with E-state index in [-0.39, 0.29) is 0 Å². The normalized spacial score (nSPS) is 24.5. The minimum absolute atomic E-state index is 0.619. The van der Waals surface area contributed by atoms with Gasteiger partial charge in [0.05, 0.1) is 0 Å². The molecule has 2 atom stereocenters. The van der Waals surface area contributed by atoms with Gasteiger partial charge in [-0.2, -0.15) is 0 Å². The highest BCUT2D eigenvalue weighted by molar-refractivity contribution is 7.84. The third kappa shape index (κ3) is 6.53. The largest absolute Gasteiger partial charge is 0.313 e. The van der Waals surface area contributed by atoms with Gasteiger partial charge in [0.2, 0.25) is 0 Å². The van der Waals surface area contributed by atoms with Gasteiger partial charge in [0.25, 0.3) is 0 Å². The van der Waals surface area contributed by atoms with E-state index in [2.05, 4.69) is 17.1 Å². The van der Waals surface area contributed by atoms with Gasteiger partial charge in [-0.3, -0.25) is 4.21 Å². The quantitative estimate of drug-likeness (QED) is 0.755. The van der Waals surface area contributed by atoms with Crippen molar-refractivity contribution in [3.63, 3.8) is 0 Å². The average Bonchev–Trinajstić information content (AvgIpc) is 2.55. The van der Waals surface area contributed by atoms with E-state index >= 15 is 0 Å². The van der Waals surface area contributed by atoms with Gasteiger partial charge in [0, 0.05) is 34.9 Å². The Balaban J connectivity index is 2.15. The first-order valence-electron chi connectivity index (χ1n) is 7.07. The molecule has 0 aromatic heterocycles. The third-order valence-corrected chi connectivity index (χ3v) is 4.75. The second-order valence-corrected chi connectivity index (χ2v) is 6.72. The van der Waals surface area contributed by atoms with Gasteiger partial charge in [-0.05, 0) is 45.3 Å². The van der Waals surface area contributed by atoms with Crippen molar-refractivity contribution in [3.8, 4) is 0 Å². The summed E-state index contributed by atoms with van der Waals surface area (Å²) in [6.45, 7) is 8.88. The maximum absolute atomic E-state index is 11.3. The zero-order chi connectivity index (χ0) is 12.5. The fraction of sp³-hybridized carbons (Fsp3) is 1.00. The number of likely N-dealkylation sites (tertiary alicyclic amines) is 1. The molecule has 4 heteroatoms. The number of nitrogens with one attached hydrogen (secondary N) is 1. The summed E-state index contributed by atoms with van der Waals surface area (Å²) in [6.07, 6.45) is 5.08. The van der Waals surface area contributed by atoms with E-state index in [0.717, 1.165) is 18.1 Å². The molecule has 1 saturated heterocycles. The molecule has 0 radical (unpaired) electrons. The summed E-state index contributed by atoms with van der Waals surface area (Å²) in [5, 5.41) is 3.57. The summed E-state index contributed by atoms with van der Waals surface area (Å²) < 4.78 is 11.3. The molecule has 0 saturated carbocycles. The lowest BCUT2D eigenvalue weighted by Gasteiger charge is -2.19. The van der Waals surface area contributed by atoms with E-state index in [9.17, 15) is 4.21 Å². The van der Waals surface area contributed by atoms with Crippen molar-refractivity contribution in [1.29, 1.82) is 0 Å². The Morgan fingerprint density at radius 3 is 2.82 bits per heavy atom. The Labute approximate surface area is 109 Å². The van der Waals surface area contributed by atoms with Crippen LogP contribution < -0.4 is 5.32 Å². The SMILES string of the molecule is CCCN1CCCC(NCCS(=O)CC)CC1. The van der Waals surface area contributed by atoms with Crippen LogP contribution in [0, 0.1) is 0 Å². The number of nitrogens with zero attached hydrogens (tertiary/aromatic N) is 1. The molecular formula is C13H28N2OS. The number of hydrogen-bond donors (Lipinski definition) is 1. The van der Waals surface area contributed by atoms with Crippen LogP contribution in [-0.2, 0) is 10.8 Å². The van der Waals surface area contributed by atoms with E-state index in [0.29, 0.717) is 6.04 Å². The first kappa shape index (κ1) is 15.1. The Morgan fingerprint density at radius 1 is 1.29 bits per heavy atom. The van der Waals surface area contributed by atoms with Gasteiger partial charge in [0.1, 0.15) is 0 Å². The fourth-order valence-electron chi connectivity index (χ4n) is 2.42. The maximum atomic E-state index is 11.3. The van der Waals surface area contributed by atoms with E-state index < -0.39 is 10.8 Å². The van der Waals surface area contributed by atoms with Gasteiger partial charge in [-0.25, -0.2) is 0 Å². The second kappa shape index (κ2) is 9.06. The molecule has 3 nitrogen and oxygen atoms in total. The minimum Gasteiger partial charge on any atom is -0.313 e. The maximum Gasteiger partial charge on any atom is 0.0360 e. The molecule has 102 valence electrons. The van der Waals surface area contributed by atoms with Crippen molar-refractivity contribution in [1.82, 2.24) is 10.2 Å². The van der Waals surface area contributed by atoms with Crippen LogP contribution in [0.2, 0.25) is 0 Å². The molecular weight excluding hydrogens is 232 g/mol. The molecule has 17 heavy (non-hydrogen) atoms. The zero-order valence-corrected chi connectivity index (χ0v) is 12.2. The average molecular weight is 260 g/mol. The van der Waals surface area contributed by atoms with Crippen LogP contribution in [0.15, 0.2) is 0 Å². The molecule has 1 fully saturated rings. The Bertz CT molecular complexity index is 223. The molecule has 0 spiro atoms. The van der Waals surface area contributed by atoms with Gasteiger partial charge < -0.3 is 10.2 Å². The lowest BCUT2D eigenvalue weighted by atomic mass is 10.1. The van der Waals surface area contributed by atoms with Crippen molar-refractivity contribution in [2.45, 2.75) is 45.6 Å². The van der Waals surface area contributed by atoms with Crippen molar-refractivity contribution in [2.75, 3.05) is 37.7 Å². The van der Waals surface area contributed by atoms with E-state index in [1.165, 1.54) is 45.3 Å². The smallest absolute Gasteiger partial charge is 0.0360 e. The van der Waals surface area contributed by atoms with Gasteiger partial charge in [-0.15, -0.1) is 0 Å². The first-order chi connectivity index (χ1) is 8.26. The standard InChI is InChI=1S/C13H28N2OS/c1-3-9-15-10-5-6-13(7-11-15)14-8-12-17(16)4-2/h13-14H,3-12H2,1-2H3. The van der Waals surface area contributed by atoms with Crippen LogP contribution in [-0.4, -0.2) is 52.8 Å². The van der Waals surface area contributed by atoms with E-state index in [1.807, 2.05) is 6.92 Å². The molecule has 1 rings (SSSR count). The zero-order valence-electron chi connectivity index (χ0n) is 11.4. The summed E-state index contributed by atoms with van der Waals surface area (Å²) in [6, 6.07) is 0.644. The molecule has 1 aliphatic heterocycles. The van der Waals surface area contributed by atoms with Crippen LogP contribution in [0.3, 0.4) is 0 Å². The molecule has 1 aliphatic rings. The fourth-order valence-corrected chi connectivity index (χ4v) is 3.06.